The van der Waals surface area contributed by atoms with Gasteiger partial charge in [-0.3, -0.25) is 0 Å². The lowest BCUT2D eigenvalue weighted by Crippen LogP contribution is -2.29. The Hall–Kier alpha value is -1.16. The summed E-state index contributed by atoms with van der Waals surface area (Å²) in [5.74, 6) is 0.773. The first-order chi connectivity index (χ1) is 7.17. The Bertz CT molecular complexity index is 313. The predicted octanol–water partition coefficient (Wildman–Crippen LogP) is 1.22. The minimum absolute atomic E-state index is 0.524. The van der Waals surface area contributed by atoms with E-state index in [0.717, 1.165) is 38.3 Å². The molecule has 0 bridgehead atoms. The molecule has 4 heteroatoms. The molecule has 0 saturated carbocycles. The third-order valence-electron chi connectivity index (χ3n) is 2.90. The van der Waals surface area contributed by atoms with Gasteiger partial charge in [0.1, 0.15) is 0 Å². The normalized spacial score (nSPS) is 27.5. The van der Waals surface area contributed by atoms with Gasteiger partial charge in [-0.1, -0.05) is 0 Å². The summed E-state index contributed by atoms with van der Waals surface area (Å²) in [6, 6.07) is 1.82. The number of hydrogen-bond acceptors (Lipinski definition) is 4. The van der Waals surface area contributed by atoms with Crippen LogP contribution in [0.15, 0.2) is 18.5 Å². The van der Waals surface area contributed by atoms with Crippen LogP contribution in [0.4, 0.5) is 5.95 Å². The van der Waals surface area contributed by atoms with Crippen LogP contribution in [0.3, 0.4) is 0 Å². The van der Waals surface area contributed by atoms with Crippen LogP contribution >= 0.6 is 0 Å². The topological polar surface area (TPSA) is 49.2 Å². The molecular formula is C11H17N3O. The molecule has 4 nitrogen and oxygen atoms in total. The van der Waals surface area contributed by atoms with E-state index in [0.29, 0.717) is 0 Å². The average molecular weight is 207 g/mol. The molecule has 15 heavy (non-hydrogen) atoms. The van der Waals surface area contributed by atoms with Crippen LogP contribution in [-0.4, -0.2) is 33.8 Å². The number of anilines is 1. The molecule has 0 amide bonds. The van der Waals surface area contributed by atoms with E-state index in [1.807, 2.05) is 13.0 Å². The van der Waals surface area contributed by atoms with Crippen LogP contribution in [0.1, 0.15) is 26.2 Å². The maximum atomic E-state index is 9.95. The molecule has 1 N–H and O–H groups in total. The fourth-order valence-electron chi connectivity index (χ4n) is 1.92. The van der Waals surface area contributed by atoms with E-state index in [-0.39, 0.29) is 0 Å². The molecule has 0 aromatic carbocycles. The number of rotatable bonds is 1. The molecule has 1 aromatic rings. The van der Waals surface area contributed by atoms with Crippen molar-refractivity contribution in [2.45, 2.75) is 31.8 Å². The molecule has 2 rings (SSSR count). The average Bonchev–Trinajstić information content (AvgIpc) is 2.41. The monoisotopic (exact) mass is 207 g/mol. The van der Waals surface area contributed by atoms with Crippen molar-refractivity contribution in [2.24, 2.45) is 0 Å². The summed E-state index contributed by atoms with van der Waals surface area (Å²) < 4.78 is 0. The van der Waals surface area contributed by atoms with Crippen LogP contribution in [0, 0.1) is 0 Å². The number of hydrogen-bond donors (Lipinski definition) is 1. The Morgan fingerprint density at radius 2 is 2.00 bits per heavy atom. The standard InChI is InChI=1S/C11H17N3O/c1-11(15)4-2-8-14(9-5-11)10-12-6-3-7-13-10/h3,6-7,15H,2,4-5,8-9H2,1H3. The van der Waals surface area contributed by atoms with E-state index < -0.39 is 5.60 Å². The Morgan fingerprint density at radius 1 is 1.27 bits per heavy atom. The zero-order chi connectivity index (χ0) is 10.7. The first kappa shape index (κ1) is 10.4. The van der Waals surface area contributed by atoms with Gasteiger partial charge in [0, 0.05) is 25.5 Å². The molecule has 1 atom stereocenters. The summed E-state index contributed by atoms with van der Waals surface area (Å²) in [5, 5.41) is 9.95. The quantitative estimate of drug-likeness (QED) is 0.752. The molecule has 1 aromatic heterocycles. The van der Waals surface area contributed by atoms with Crippen molar-refractivity contribution in [1.82, 2.24) is 9.97 Å². The van der Waals surface area contributed by atoms with Crippen LogP contribution in [0.5, 0.6) is 0 Å². The second-order valence-electron chi connectivity index (χ2n) is 4.39. The van der Waals surface area contributed by atoms with Crippen LogP contribution < -0.4 is 4.90 Å². The van der Waals surface area contributed by atoms with E-state index in [1.165, 1.54) is 0 Å². The molecular weight excluding hydrogens is 190 g/mol. The van der Waals surface area contributed by atoms with Gasteiger partial charge in [-0.25, -0.2) is 9.97 Å². The lowest BCUT2D eigenvalue weighted by molar-refractivity contribution is 0.0481. The molecule has 1 fully saturated rings. The molecule has 1 unspecified atom stereocenters. The highest BCUT2D eigenvalue weighted by atomic mass is 16.3. The van der Waals surface area contributed by atoms with Crippen molar-refractivity contribution in [2.75, 3.05) is 18.0 Å². The molecule has 0 aliphatic carbocycles. The van der Waals surface area contributed by atoms with Gasteiger partial charge in [0.2, 0.25) is 5.95 Å². The largest absolute Gasteiger partial charge is 0.390 e. The SMILES string of the molecule is CC1(O)CCCN(c2ncccn2)CC1. The summed E-state index contributed by atoms with van der Waals surface area (Å²) in [7, 11) is 0. The van der Waals surface area contributed by atoms with E-state index in [2.05, 4.69) is 14.9 Å². The highest BCUT2D eigenvalue weighted by Gasteiger charge is 2.25. The highest BCUT2D eigenvalue weighted by molar-refractivity contribution is 5.28. The maximum Gasteiger partial charge on any atom is 0.225 e. The second kappa shape index (κ2) is 4.14. The van der Waals surface area contributed by atoms with Crippen LogP contribution in [0.25, 0.3) is 0 Å². The van der Waals surface area contributed by atoms with Crippen LogP contribution in [-0.2, 0) is 0 Å². The van der Waals surface area contributed by atoms with E-state index in [4.69, 9.17) is 0 Å². The summed E-state index contributed by atoms with van der Waals surface area (Å²) in [6.07, 6.45) is 6.14. The lowest BCUT2D eigenvalue weighted by atomic mass is 9.98. The molecule has 82 valence electrons. The van der Waals surface area contributed by atoms with Gasteiger partial charge in [-0.2, -0.15) is 0 Å². The Labute approximate surface area is 90.0 Å². The molecule has 0 spiro atoms. The van der Waals surface area contributed by atoms with E-state index >= 15 is 0 Å². The summed E-state index contributed by atoms with van der Waals surface area (Å²) in [6.45, 7) is 3.67. The summed E-state index contributed by atoms with van der Waals surface area (Å²) >= 11 is 0. The summed E-state index contributed by atoms with van der Waals surface area (Å²) in [5.41, 5.74) is -0.524. The zero-order valence-electron chi connectivity index (χ0n) is 9.06. The van der Waals surface area contributed by atoms with Gasteiger partial charge in [0.15, 0.2) is 0 Å². The van der Waals surface area contributed by atoms with E-state index in [1.54, 1.807) is 12.4 Å². The van der Waals surface area contributed by atoms with Gasteiger partial charge < -0.3 is 10.0 Å². The molecule has 1 aliphatic rings. The van der Waals surface area contributed by atoms with Gasteiger partial charge in [0.25, 0.3) is 0 Å². The summed E-state index contributed by atoms with van der Waals surface area (Å²) in [4.78, 5) is 10.6. The van der Waals surface area contributed by atoms with Gasteiger partial charge in [-0.15, -0.1) is 0 Å². The number of aliphatic hydroxyl groups is 1. The van der Waals surface area contributed by atoms with Crippen molar-refractivity contribution in [3.05, 3.63) is 18.5 Å². The number of nitrogens with zero attached hydrogens (tertiary/aromatic N) is 3. The molecule has 1 saturated heterocycles. The van der Waals surface area contributed by atoms with Crippen molar-refractivity contribution < 1.29 is 5.11 Å². The minimum atomic E-state index is -0.524. The Balaban J connectivity index is 2.06. The van der Waals surface area contributed by atoms with Crippen LogP contribution in [0.2, 0.25) is 0 Å². The third kappa shape index (κ3) is 2.65. The van der Waals surface area contributed by atoms with Crippen molar-refractivity contribution in [1.29, 1.82) is 0 Å². The fourth-order valence-corrected chi connectivity index (χ4v) is 1.92. The first-order valence-corrected chi connectivity index (χ1v) is 5.42. The Morgan fingerprint density at radius 3 is 2.73 bits per heavy atom. The predicted molar refractivity (Wildman–Crippen MR) is 58.7 cm³/mol. The minimum Gasteiger partial charge on any atom is -0.390 e. The Kier molecular flexibility index (Phi) is 2.86. The molecule has 2 heterocycles. The highest BCUT2D eigenvalue weighted by Crippen LogP contribution is 2.22. The van der Waals surface area contributed by atoms with Crippen molar-refractivity contribution >= 4 is 5.95 Å². The zero-order valence-corrected chi connectivity index (χ0v) is 9.06. The fraction of sp³-hybridized carbons (Fsp3) is 0.636. The molecule has 1 aliphatic heterocycles. The smallest absolute Gasteiger partial charge is 0.225 e. The van der Waals surface area contributed by atoms with Gasteiger partial charge in [0.05, 0.1) is 5.60 Å². The number of aromatic nitrogens is 2. The second-order valence-corrected chi connectivity index (χ2v) is 4.39. The van der Waals surface area contributed by atoms with Gasteiger partial charge >= 0.3 is 0 Å². The van der Waals surface area contributed by atoms with Gasteiger partial charge in [-0.05, 0) is 32.3 Å². The van der Waals surface area contributed by atoms with Crippen molar-refractivity contribution in [3.8, 4) is 0 Å². The van der Waals surface area contributed by atoms with E-state index in [9.17, 15) is 5.11 Å². The van der Waals surface area contributed by atoms with Crippen molar-refractivity contribution in [3.63, 3.8) is 0 Å². The molecule has 0 radical (unpaired) electrons. The third-order valence-corrected chi connectivity index (χ3v) is 2.90. The first-order valence-electron chi connectivity index (χ1n) is 5.42. The lowest BCUT2D eigenvalue weighted by Gasteiger charge is -2.22. The maximum absolute atomic E-state index is 9.95.